The van der Waals surface area contributed by atoms with Gasteiger partial charge in [0.2, 0.25) is 0 Å². The number of nitrogens with zero attached hydrogens (tertiary/aromatic N) is 1. The highest BCUT2D eigenvalue weighted by Gasteiger charge is 2.35. The molecule has 0 spiro atoms. The number of pyridine rings is 1. The Balaban J connectivity index is 3.01. The lowest BCUT2D eigenvalue weighted by Crippen LogP contribution is -2.51. The van der Waals surface area contributed by atoms with Gasteiger partial charge in [0, 0.05) is 0 Å². The summed E-state index contributed by atoms with van der Waals surface area (Å²) >= 11 is 5.79. The molecule has 0 atom stereocenters. The third-order valence-electron chi connectivity index (χ3n) is 2.85. The second kappa shape index (κ2) is 4.11. The number of aliphatic hydroxyl groups is 1. The minimum Gasteiger partial charge on any atom is -0.396 e. The van der Waals surface area contributed by atoms with Crippen LogP contribution in [0.1, 0.15) is 27.7 Å². The molecule has 4 nitrogen and oxygen atoms in total. The average Bonchev–Trinajstić information content (AvgIpc) is 2.09. The third-order valence-corrected chi connectivity index (χ3v) is 3.06. The normalized spacial score (nSPS) is 12.6. The van der Waals surface area contributed by atoms with E-state index in [1.165, 1.54) is 0 Å². The molecule has 0 saturated carbocycles. The fourth-order valence-corrected chi connectivity index (χ4v) is 1.14. The summed E-state index contributed by atoms with van der Waals surface area (Å²) < 4.78 is 0. The van der Waals surface area contributed by atoms with Gasteiger partial charge in [0.15, 0.2) is 5.82 Å². The molecule has 0 aliphatic carbocycles. The van der Waals surface area contributed by atoms with Crippen molar-refractivity contribution in [3.63, 3.8) is 0 Å². The topological polar surface area (TPSA) is 71.2 Å². The zero-order chi connectivity index (χ0) is 12.6. The SMILES string of the molecule is CC(C)(O)C(C)(C)Nc1nc(Cl)ccc1N. The van der Waals surface area contributed by atoms with Crippen LogP contribution in [0.5, 0.6) is 0 Å². The van der Waals surface area contributed by atoms with E-state index in [0.717, 1.165) is 0 Å². The number of nitrogen functional groups attached to an aromatic ring is 1. The lowest BCUT2D eigenvalue weighted by Gasteiger charge is -2.38. The van der Waals surface area contributed by atoms with Crippen molar-refractivity contribution in [3.05, 3.63) is 17.3 Å². The molecular weight excluding hydrogens is 226 g/mol. The summed E-state index contributed by atoms with van der Waals surface area (Å²) in [4.78, 5) is 4.09. The number of halogens is 1. The Morgan fingerprint density at radius 3 is 2.38 bits per heavy atom. The lowest BCUT2D eigenvalue weighted by atomic mass is 9.86. The van der Waals surface area contributed by atoms with Crippen LogP contribution in [0.15, 0.2) is 12.1 Å². The van der Waals surface area contributed by atoms with Crippen molar-refractivity contribution in [1.29, 1.82) is 0 Å². The first-order valence-corrected chi connectivity index (χ1v) is 5.44. The first-order valence-electron chi connectivity index (χ1n) is 5.06. The molecule has 5 heteroatoms. The van der Waals surface area contributed by atoms with Gasteiger partial charge in [-0.15, -0.1) is 0 Å². The van der Waals surface area contributed by atoms with Crippen molar-refractivity contribution in [2.75, 3.05) is 11.1 Å². The van der Waals surface area contributed by atoms with Crippen LogP contribution in [-0.2, 0) is 0 Å². The molecule has 90 valence electrons. The molecule has 1 aromatic rings. The number of rotatable bonds is 3. The first kappa shape index (κ1) is 13.1. The van der Waals surface area contributed by atoms with Gasteiger partial charge in [-0.25, -0.2) is 4.98 Å². The predicted octanol–water partition coefficient (Wildman–Crippen LogP) is 2.28. The second-order valence-corrected chi connectivity index (χ2v) is 5.27. The Labute approximate surface area is 101 Å². The Morgan fingerprint density at radius 2 is 1.88 bits per heavy atom. The molecule has 0 aliphatic heterocycles. The van der Waals surface area contributed by atoms with Gasteiger partial charge in [-0.1, -0.05) is 11.6 Å². The summed E-state index contributed by atoms with van der Waals surface area (Å²) in [5, 5.41) is 13.5. The van der Waals surface area contributed by atoms with Crippen molar-refractivity contribution in [2.24, 2.45) is 0 Å². The largest absolute Gasteiger partial charge is 0.396 e. The zero-order valence-electron chi connectivity index (χ0n) is 10.0. The van der Waals surface area contributed by atoms with Gasteiger partial charge in [-0.2, -0.15) is 0 Å². The van der Waals surface area contributed by atoms with Crippen LogP contribution >= 0.6 is 11.6 Å². The number of hydrogen-bond acceptors (Lipinski definition) is 4. The maximum atomic E-state index is 10.0. The minimum absolute atomic E-state index is 0.364. The standard InChI is InChI=1S/C11H18ClN3O/c1-10(2,11(3,4)16)15-9-7(13)5-6-8(12)14-9/h5-6,16H,13H2,1-4H3,(H,14,15). The number of anilines is 2. The van der Waals surface area contributed by atoms with Crippen molar-refractivity contribution < 1.29 is 5.11 Å². The third kappa shape index (κ3) is 2.77. The maximum Gasteiger partial charge on any atom is 0.151 e. The Kier molecular flexibility index (Phi) is 3.35. The van der Waals surface area contributed by atoms with Crippen LogP contribution < -0.4 is 11.1 Å². The fraction of sp³-hybridized carbons (Fsp3) is 0.545. The molecular formula is C11H18ClN3O. The first-order chi connectivity index (χ1) is 7.13. The summed E-state index contributed by atoms with van der Waals surface area (Å²) in [6.07, 6.45) is 0. The van der Waals surface area contributed by atoms with Gasteiger partial charge in [-0.3, -0.25) is 0 Å². The van der Waals surface area contributed by atoms with Crippen molar-refractivity contribution in [3.8, 4) is 0 Å². The van der Waals surface area contributed by atoms with Gasteiger partial charge in [-0.05, 0) is 39.8 Å². The van der Waals surface area contributed by atoms with E-state index >= 15 is 0 Å². The number of nitrogens with one attached hydrogen (secondary N) is 1. The molecule has 0 fully saturated rings. The molecule has 4 N–H and O–H groups in total. The molecule has 0 saturated heterocycles. The molecule has 1 rings (SSSR count). The molecule has 1 aromatic heterocycles. The van der Waals surface area contributed by atoms with E-state index in [2.05, 4.69) is 10.3 Å². The molecule has 0 radical (unpaired) electrons. The monoisotopic (exact) mass is 243 g/mol. The minimum atomic E-state index is -0.913. The summed E-state index contributed by atoms with van der Waals surface area (Å²) in [5.41, 5.74) is 4.79. The molecule has 0 unspecified atom stereocenters. The van der Waals surface area contributed by atoms with E-state index in [9.17, 15) is 5.11 Å². The molecule has 0 aromatic carbocycles. The lowest BCUT2D eigenvalue weighted by molar-refractivity contribution is 0.0239. The number of aromatic nitrogens is 1. The van der Waals surface area contributed by atoms with E-state index in [-0.39, 0.29) is 0 Å². The van der Waals surface area contributed by atoms with Crippen LogP contribution in [0.3, 0.4) is 0 Å². The number of nitrogens with two attached hydrogens (primary N) is 1. The maximum absolute atomic E-state index is 10.0. The van der Waals surface area contributed by atoms with Crippen LogP contribution in [0.25, 0.3) is 0 Å². The molecule has 16 heavy (non-hydrogen) atoms. The molecule has 0 bridgehead atoms. The quantitative estimate of drug-likeness (QED) is 0.713. The van der Waals surface area contributed by atoms with Crippen molar-refractivity contribution in [1.82, 2.24) is 4.98 Å². The highest BCUT2D eigenvalue weighted by atomic mass is 35.5. The Morgan fingerprint density at radius 1 is 1.31 bits per heavy atom. The van der Waals surface area contributed by atoms with E-state index in [4.69, 9.17) is 17.3 Å². The van der Waals surface area contributed by atoms with Crippen LogP contribution in [-0.4, -0.2) is 21.2 Å². The highest BCUT2D eigenvalue weighted by molar-refractivity contribution is 6.29. The van der Waals surface area contributed by atoms with Crippen LogP contribution in [0.2, 0.25) is 5.15 Å². The van der Waals surface area contributed by atoms with Crippen LogP contribution in [0, 0.1) is 0 Å². The molecule has 1 heterocycles. The van der Waals surface area contributed by atoms with Gasteiger partial charge in [0.1, 0.15) is 5.15 Å². The van der Waals surface area contributed by atoms with E-state index in [1.807, 2.05) is 13.8 Å². The molecule has 0 amide bonds. The van der Waals surface area contributed by atoms with Gasteiger partial charge in [0.25, 0.3) is 0 Å². The average molecular weight is 244 g/mol. The zero-order valence-corrected chi connectivity index (χ0v) is 10.8. The summed E-state index contributed by atoms with van der Waals surface area (Å²) in [5.74, 6) is 0.486. The Bertz CT molecular complexity index is 385. The van der Waals surface area contributed by atoms with Gasteiger partial charge >= 0.3 is 0 Å². The summed E-state index contributed by atoms with van der Waals surface area (Å²) in [7, 11) is 0. The van der Waals surface area contributed by atoms with Crippen molar-refractivity contribution in [2.45, 2.75) is 38.8 Å². The van der Waals surface area contributed by atoms with Gasteiger partial charge < -0.3 is 16.2 Å². The molecule has 0 aliphatic rings. The summed E-state index contributed by atoms with van der Waals surface area (Å²) in [6, 6.07) is 3.30. The van der Waals surface area contributed by atoms with Crippen molar-refractivity contribution >= 4 is 23.1 Å². The second-order valence-electron chi connectivity index (χ2n) is 4.88. The van der Waals surface area contributed by atoms with E-state index in [1.54, 1.807) is 26.0 Å². The smallest absolute Gasteiger partial charge is 0.151 e. The fourth-order valence-electron chi connectivity index (χ4n) is 0.995. The number of hydrogen-bond donors (Lipinski definition) is 3. The predicted molar refractivity (Wildman–Crippen MR) is 67.7 cm³/mol. The van der Waals surface area contributed by atoms with Crippen LogP contribution in [0.4, 0.5) is 11.5 Å². The summed E-state index contributed by atoms with van der Waals surface area (Å²) in [6.45, 7) is 7.19. The van der Waals surface area contributed by atoms with E-state index < -0.39 is 11.1 Å². The Hall–Kier alpha value is -1.00. The van der Waals surface area contributed by atoms with E-state index in [0.29, 0.717) is 16.7 Å². The highest BCUT2D eigenvalue weighted by Crippen LogP contribution is 2.28. The van der Waals surface area contributed by atoms with Gasteiger partial charge in [0.05, 0.1) is 16.8 Å².